The van der Waals surface area contributed by atoms with E-state index >= 15 is 0 Å². The van der Waals surface area contributed by atoms with Gasteiger partial charge in [-0.15, -0.1) is 0 Å². The molecule has 2 amide bonds. The summed E-state index contributed by atoms with van der Waals surface area (Å²) >= 11 is 1.38. The largest absolute Gasteiger partial charge is 0.457 e. The number of benzene rings is 3. The molecule has 2 aromatic heterocycles. The third-order valence-electron chi connectivity index (χ3n) is 6.04. The number of anilines is 2. The van der Waals surface area contributed by atoms with Gasteiger partial charge in [0.05, 0.1) is 26.5 Å². The summed E-state index contributed by atoms with van der Waals surface area (Å²) in [5.41, 5.74) is 8.41. The second kappa shape index (κ2) is 10.7. The highest BCUT2D eigenvalue weighted by Crippen LogP contribution is 2.31. The minimum absolute atomic E-state index is 0.0313. The van der Waals surface area contributed by atoms with E-state index in [4.69, 9.17) is 10.5 Å². The number of nitro groups is 1. The summed E-state index contributed by atoms with van der Waals surface area (Å²) in [7, 11) is 0. The van der Waals surface area contributed by atoms with Crippen molar-refractivity contribution in [3.05, 3.63) is 94.2 Å². The number of non-ortho nitro benzene ring substituents is 1. The van der Waals surface area contributed by atoms with Gasteiger partial charge in [-0.1, -0.05) is 50.3 Å². The molecule has 3 aromatic carbocycles. The summed E-state index contributed by atoms with van der Waals surface area (Å²) in [6.45, 7) is 6.24. The van der Waals surface area contributed by atoms with E-state index in [2.05, 4.69) is 20.7 Å². The zero-order chi connectivity index (χ0) is 28.4. The normalized spacial score (nSPS) is 11.4. The standard InChI is InChI=1S/C28H27N7O4S/c1-28(2,3)24-15-25(34(33-24)18-8-10-19(11-9-18)35(37)38)32-27(36)30-16-17-6-4-5-7-22(17)39-20-12-13-21-23(14-20)40-26(29)31-21/h4-15H,16H2,1-3H3,(H2,29,31)(H2,30,32,36). The van der Waals surface area contributed by atoms with E-state index in [1.807, 2.05) is 63.2 Å². The molecule has 12 heteroatoms. The number of nitrogens with two attached hydrogens (primary N) is 1. The summed E-state index contributed by atoms with van der Waals surface area (Å²) < 4.78 is 8.61. The van der Waals surface area contributed by atoms with Crippen molar-refractivity contribution in [2.24, 2.45) is 0 Å². The Morgan fingerprint density at radius 3 is 2.58 bits per heavy atom. The van der Waals surface area contributed by atoms with Crippen molar-refractivity contribution >= 4 is 44.2 Å². The number of nitrogen functional groups attached to an aromatic ring is 1. The van der Waals surface area contributed by atoms with E-state index in [1.165, 1.54) is 23.5 Å². The summed E-state index contributed by atoms with van der Waals surface area (Å²) in [4.78, 5) is 27.8. The van der Waals surface area contributed by atoms with E-state index in [0.717, 1.165) is 21.5 Å². The number of para-hydroxylation sites is 1. The monoisotopic (exact) mass is 557 g/mol. The molecule has 0 saturated carbocycles. The Morgan fingerprint density at radius 1 is 1.10 bits per heavy atom. The fourth-order valence-electron chi connectivity index (χ4n) is 3.95. The van der Waals surface area contributed by atoms with Crippen molar-refractivity contribution < 1.29 is 14.5 Å². The molecule has 0 bridgehead atoms. The van der Waals surface area contributed by atoms with Crippen molar-refractivity contribution in [3.8, 4) is 17.2 Å². The first-order valence-electron chi connectivity index (χ1n) is 12.4. The lowest BCUT2D eigenvalue weighted by molar-refractivity contribution is -0.384. The molecule has 0 aliphatic carbocycles. The molecule has 0 aliphatic heterocycles. The van der Waals surface area contributed by atoms with Gasteiger partial charge in [0.25, 0.3) is 5.69 Å². The van der Waals surface area contributed by atoms with Crippen LogP contribution in [-0.4, -0.2) is 25.7 Å². The number of fused-ring (bicyclic) bond motifs is 1. The molecule has 0 fully saturated rings. The number of amides is 2. The summed E-state index contributed by atoms with van der Waals surface area (Å²) in [6.07, 6.45) is 0. The Morgan fingerprint density at radius 2 is 1.85 bits per heavy atom. The molecule has 11 nitrogen and oxygen atoms in total. The summed E-state index contributed by atoms with van der Waals surface area (Å²) in [6, 6.07) is 20.3. The van der Waals surface area contributed by atoms with Crippen molar-refractivity contribution in [1.29, 1.82) is 0 Å². The fourth-order valence-corrected chi connectivity index (χ4v) is 4.71. The van der Waals surface area contributed by atoms with Crippen LogP contribution in [0.4, 0.5) is 21.4 Å². The summed E-state index contributed by atoms with van der Waals surface area (Å²) in [5.74, 6) is 1.67. The van der Waals surface area contributed by atoms with E-state index in [1.54, 1.807) is 22.9 Å². The van der Waals surface area contributed by atoms with Crippen molar-refractivity contribution in [2.45, 2.75) is 32.7 Å². The van der Waals surface area contributed by atoms with Crippen LogP contribution in [0.15, 0.2) is 72.8 Å². The van der Waals surface area contributed by atoms with Crippen LogP contribution in [0, 0.1) is 10.1 Å². The number of nitrogens with zero attached hydrogens (tertiary/aromatic N) is 4. The number of carbonyl (C=O) groups excluding carboxylic acids is 1. The van der Waals surface area contributed by atoms with Gasteiger partial charge in [0.2, 0.25) is 0 Å². The highest BCUT2D eigenvalue weighted by atomic mass is 32.1. The topological polar surface area (TPSA) is 150 Å². The molecular weight excluding hydrogens is 530 g/mol. The van der Waals surface area contributed by atoms with Gasteiger partial charge in [0.15, 0.2) is 5.13 Å². The van der Waals surface area contributed by atoms with Gasteiger partial charge in [-0.05, 0) is 30.3 Å². The van der Waals surface area contributed by atoms with Crippen LogP contribution in [-0.2, 0) is 12.0 Å². The summed E-state index contributed by atoms with van der Waals surface area (Å²) in [5, 5.41) is 21.9. The fraction of sp³-hybridized carbons (Fsp3) is 0.179. The predicted molar refractivity (Wildman–Crippen MR) is 155 cm³/mol. The predicted octanol–water partition coefficient (Wildman–Crippen LogP) is 6.38. The highest BCUT2D eigenvalue weighted by molar-refractivity contribution is 7.22. The third-order valence-corrected chi connectivity index (χ3v) is 6.89. The van der Waals surface area contributed by atoms with Crippen LogP contribution in [0.25, 0.3) is 15.9 Å². The number of nitro benzene ring substituents is 1. The molecule has 4 N–H and O–H groups in total. The highest BCUT2D eigenvalue weighted by Gasteiger charge is 2.22. The smallest absolute Gasteiger partial charge is 0.320 e. The van der Waals surface area contributed by atoms with Gasteiger partial charge < -0.3 is 15.8 Å². The Bertz CT molecular complexity index is 1700. The van der Waals surface area contributed by atoms with E-state index < -0.39 is 11.0 Å². The Kier molecular flexibility index (Phi) is 7.09. The van der Waals surface area contributed by atoms with Crippen LogP contribution < -0.4 is 21.1 Å². The lowest BCUT2D eigenvalue weighted by Crippen LogP contribution is -2.29. The maximum atomic E-state index is 13.0. The molecule has 5 aromatic rings. The second-order valence-electron chi connectivity index (χ2n) is 10.0. The third kappa shape index (κ3) is 5.86. The minimum Gasteiger partial charge on any atom is -0.457 e. The minimum atomic E-state index is -0.463. The molecule has 0 aliphatic rings. The first-order chi connectivity index (χ1) is 19.1. The number of thiazole rings is 1. The van der Waals surface area contributed by atoms with Crippen LogP contribution in [0.1, 0.15) is 32.0 Å². The average molecular weight is 558 g/mol. The Balaban J connectivity index is 1.32. The number of carbonyl (C=O) groups is 1. The van der Waals surface area contributed by atoms with Gasteiger partial charge in [0.1, 0.15) is 17.3 Å². The lowest BCUT2D eigenvalue weighted by Gasteiger charge is -2.14. The molecule has 0 saturated heterocycles. The maximum absolute atomic E-state index is 13.0. The van der Waals surface area contributed by atoms with Gasteiger partial charge in [-0.2, -0.15) is 5.10 Å². The maximum Gasteiger partial charge on any atom is 0.320 e. The number of ether oxygens (including phenoxy) is 1. The van der Waals surface area contributed by atoms with E-state index in [0.29, 0.717) is 28.1 Å². The molecule has 0 radical (unpaired) electrons. The van der Waals surface area contributed by atoms with Gasteiger partial charge in [-0.25, -0.2) is 14.5 Å². The van der Waals surface area contributed by atoms with Gasteiger partial charge >= 0.3 is 6.03 Å². The van der Waals surface area contributed by atoms with Crippen LogP contribution >= 0.6 is 11.3 Å². The number of hydrogen-bond acceptors (Lipinski definition) is 8. The quantitative estimate of drug-likeness (QED) is 0.155. The average Bonchev–Trinajstić information content (AvgIpc) is 3.50. The van der Waals surface area contributed by atoms with E-state index in [9.17, 15) is 14.9 Å². The van der Waals surface area contributed by atoms with Crippen LogP contribution in [0.3, 0.4) is 0 Å². The number of urea groups is 1. The lowest BCUT2D eigenvalue weighted by atomic mass is 9.92. The second-order valence-corrected chi connectivity index (χ2v) is 11.1. The number of aromatic nitrogens is 3. The molecular formula is C28H27N7O4S. The molecule has 2 heterocycles. The molecule has 0 unspecified atom stereocenters. The molecule has 40 heavy (non-hydrogen) atoms. The van der Waals surface area contributed by atoms with Gasteiger partial charge in [-0.3, -0.25) is 15.4 Å². The molecule has 0 spiro atoms. The zero-order valence-corrected chi connectivity index (χ0v) is 22.9. The molecule has 0 atom stereocenters. The Labute approximate surface area is 233 Å². The Hall–Kier alpha value is -4.97. The van der Waals surface area contributed by atoms with Crippen molar-refractivity contribution in [3.63, 3.8) is 0 Å². The molecule has 5 rings (SSSR count). The van der Waals surface area contributed by atoms with Crippen LogP contribution in [0.5, 0.6) is 11.5 Å². The first-order valence-corrected chi connectivity index (χ1v) is 13.2. The zero-order valence-electron chi connectivity index (χ0n) is 22.0. The number of rotatable bonds is 7. The molecule has 204 valence electrons. The number of nitrogens with one attached hydrogen (secondary N) is 2. The SMILES string of the molecule is CC(C)(C)c1cc(NC(=O)NCc2ccccc2Oc2ccc3nc(N)sc3c2)n(-c2ccc([N+](=O)[O-])cc2)n1. The number of hydrogen-bond donors (Lipinski definition) is 3. The van der Waals surface area contributed by atoms with Crippen LogP contribution in [0.2, 0.25) is 0 Å². The van der Waals surface area contributed by atoms with Crippen molar-refractivity contribution in [1.82, 2.24) is 20.1 Å². The van der Waals surface area contributed by atoms with Gasteiger partial charge in [0, 0.05) is 41.8 Å². The first kappa shape index (κ1) is 26.6. The van der Waals surface area contributed by atoms with E-state index in [-0.39, 0.29) is 17.6 Å². The van der Waals surface area contributed by atoms with Crippen molar-refractivity contribution in [2.75, 3.05) is 11.1 Å².